The third kappa shape index (κ3) is 2.13. The second kappa shape index (κ2) is 3.96. The normalized spacial score (nSPS) is 11.3. The van der Waals surface area contributed by atoms with E-state index in [2.05, 4.69) is 14.3 Å². The molecule has 1 aromatic rings. The molecule has 0 aliphatic carbocycles. The highest BCUT2D eigenvalue weighted by atomic mass is 32.1. The molecule has 0 aliphatic rings. The second-order valence-corrected chi connectivity index (χ2v) is 2.76. The van der Waals surface area contributed by atoms with Crippen LogP contribution in [0, 0.1) is 0 Å². The Labute approximate surface area is 74.0 Å². The Morgan fingerprint density at radius 2 is 2.50 bits per heavy atom. The first-order valence-electron chi connectivity index (χ1n) is 3.27. The van der Waals surface area contributed by atoms with Gasteiger partial charge in [-0.05, 0) is 24.5 Å². The van der Waals surface area contributed by atoms with Crippen LogP contribution in [0.2, 0.25) is 0 Å². The first kappa shape index (κ1) is 8.86. The molecule has 0 saturated heterocycles. The van der Waals surface area contributed by atoms with Gasteiger partial charge < -0.3 is 4.74 Å². The van der Waals surface area contributed by atoms with E-state index < -0.39 is 0 Å². The lowest BCUT2D eigenvalue weighted by molar-refractivity contribution is -0.135. The van der Waals surface area contributed by atoms with Gasteiger partial charge in [-0.1, -0.05) is 4.49 Å². The third-order valence-corrected chi connectivity index (χ3v) is 1.77. The number of nitrogens with zero attached hydrogens (tertiary/aromatic N) is 2. The SMILES string of the molecule is COC(=O)/C(C)=C\c1csnn1. The number of hydrogen-bond acceptors (Lipinski definition) is 5. The molecule has 1 rings (SSSR count). The lowest BCUT2D eigenvalue weighted by Gasteiger charge is -1.95. The van der Waals surface area contributed by atoms with Crippen LogP contribution in [0.5, 0.6) is 0 Å². The summed E-state index contributed by atoms with van der Waals surface area (Å²) in [6.45, 7) is 1.67. The van der Waals surface area contributed by atoms with Gasteiger partial charge in [0.15, 0.2) is 0 Å². The van der Waals surface area contributed by atoms with E-state index >= 15 is 0 Å². The van der Waals surface area contributed by atoms with Crippen LogP contribution in [-0.2, 0) is 9.53 Å². The maximum Gasteiger partial charge on any atom is 0.333 e. The molecule has 0 spiro atoms. The van der Waals surface area contributed by atoms with Crippen LogP contribution in [0.25, 0.3) is 6.08 Å². The summed E-state index contributed by atoms with van der Waals surface area (Å²) in [5.74, 6) is -0.344. The van der Waals surface area contributed by atoms with Gasteiger partial charge in [0, 0.05) is 11.0 Å². The quantitative estimate of drug-likeness (QED) is 0.510. The summed E-state index contributed by atoms with van der Waals surface area (Å²) in [4.78, 5) is 10.9. The van der Waals surface area contributed by atoms with E-state index in [4.69, 9.17) is 0 Å². The topological polar surface area (TPSA) is 52.1 Å². The van der Waals surface area contributed by atoms with Crippen LogP contribution in [0.1, 0.15) is 12.6 Å². The monoisotopic (exact) mass is 184 g/mol. The largest absolute Gasteiger partial charge is 0.466 e. The Morgan fingerprint density at radius 1 is 1.75 bits per heavy atom. The molecule has 5 heteroatoms. The molecule has 0 saturated carbocycles. The highest BCUT2D eigenvalue weighted by Crippen LogP contribution is 2.05. The molecule has 0 atom stereocenters. The Bertz CT molecular complexity index is 292. The molecule has 0 aliphatic heterocycles. The van der Waals surface area contributed by atoms with Crippen LogP contribution >= 0.6 is 11.5 Å². The Morgan fingerprint density at radius 3 is 3.00 bits per heavy atom. The Kier molecular flexibility index (Phi) is 2.93. The number of methoxy groups -OCH3 is 1. The minimum Gasteiger partial charge on any atom is -0.466 e. The van der Waals surface area contributed by atoms with Crippen molar-refractivity contribution in [2.75, 3.05) is 7.11 Å². The number of carbonyl (C=O) groups is 1. The van der Waals surface area contributed by atoms with E-state index in [1.165, 1.54) is 18.6 Å². The van der Waals surface area contributed by atoms with Crippen LogP contribution < -0.4 is 0 Å². The number of aromatic nitrogens is 2. The van der Waals surface area contributed by atoms with Crippen LogP contribution in [-0.4, -0.2) is 22.7 Å². The smallest absolute Gasteiger partial charge is 0.333 e. The van der Waals surface area contributed by atoms with Crippen molar-refractivity contribution in [1.29, 1.82) is 0 Å². The summed E-state index contributed by atoms with van der Waals surface area (Å²) >= 11 is 1.24. The van der Waals surface area contributed by atoms with Crippen molar-refractivity contribution in [3.8, 4) is 0 Å². The summed E-state index contributed by atoms with van der Waals surface area (Å²) in [6.07, 6.45) is 1.63. The molecule has 0 amide bonds. The standard InChI is InChI=1S/C7H8N2O2S/c1-5(7(10)11-2)3-6-4-12-9-8-6/h3-4H,1-2H3/b5-3-. The van der Waals surface area contributed by atoms with Crippen LogP contribution in [0.15, 0.2) is 11.0 Å². The zero-order valence-corrected chi connectivity index (χ0v) is 7.59. The van der Waals surface area contributed by atoms with E-state index in [1.54, 1.807) is 18.4 Å². The maximum atomic E-state index is 10.9. The predicted molar refractivity (Wildman–Crippen MR) is 45.6 cm³/mol. The summed E-state index contributed by atoms with van der Waals surface area (Å²) in [6, 6.07) is 0. The summed E-state index contributed by atoms with van der Waals surface area (Å²) < 4.78 is 8.16. The van der Waals surface area contributed by atoms with Gasteiger partial charge in [-0.25, -0.2) is 4.79 Å². The van der Waals surface area contributed by atoms with Crippen LogP contribution in [0.3, 0.4) is 0 Å². The second-order valence-electron chi connectivity index (χ2n) is 2.15. The van der Waals surface area contributed by atoms with Gasteiger partial charge in [0.05, 0.1) is 12.8 Å². The Balaban J connectivity index is 2.76. The lowest BCUT2D eigenvalue weighted by atomic mass is 10.2. The van der Waals surface area contributed by atoms with E-state index in [9.17, 15) is 4.79 Å². The van der Waals surface area contributed by atoms with Gasteiger partial charge >= 0.3 is 5.97 Å². The molecular formula is C7H8N2O2S. The maximum absolute atomic E-state index is 10.9. The highest BCUT2D eigenvalue weighted by molar-refractivity contribution is 7.03. The van der Waals surface area contributed by atoms with Crippen LogP contribution in [0.4, 0.5) is 0 Å². The number of esters is 1. The molecule has 1 aromatic heterocycles. The molecule has 0 N–H and O–H groups in total. The molecule has 0 unspecified atom stereocenters. The molecule has 0 bridgehead atoms. The minimum atomic E-state index is -0.344. The van der Waals surface area contributed by atoms with Gasteiger partial charge in [-0.3, -0.25) is 0 Å². The number of hydrogen-bond donors (Lipinski definition) is 0. The fraction of sp³-hybridized carbons (Fsp3) is 0.286. The van der Waals surface area contributed by atoms with Gasteiger partial charge in [0.2, 0.25) is 0 Å². The van der Waals surface area contributed by atoms with E-state index in [0.717, 1.165) is 0 Å². The van der Waals surface area contributed by atoms with Gasteiger partial charge in [-0.15, -0.1) is 5.10 Å². The van der Waals surface area contributed by atoms with E-state index in [1.807, 2.05) is 0 Å². The molecule has 1 heterocycles. The zero-order chi connectivity index (χ0) is 8.97. The fourth-order valence-corrected chi connectivity index (χ4v) is 1.09. The third-order valence-electron chi connectivity index (χ3n) is 1.25. The average Bonchev–Trinajstić information content (AvgIpc) is 2.55. The lowest BCUT2D eigenvalue weighted by Crippen LogP contribution is -2.00. The molecule has 0 aromatic carbocycles. The summed E-state index contributed by atoms with van der Waals surface area (Å²) in [7, 11) is 1.35. The average molecular weight is 184 g/mol. The highest BCUT2D eigenvalue weighted by Gasteiger charge is 2.03. The fourth-order valence-electron chi connectivity index (χ4n) is 0.676. The molecule has 64 valence electrons. The van der Waals surface area contributed by atoms with Crippen molar-refractivity contribution < 1.29 is 9.53 Å². The van der Waals surface area contributed by atoms with E-state index in [-0.39, 0.29) is 5.97 Å². The molecule has 12 heavy (non-hydrogen) atoms. The Hall–Kier alpha value is -1.23. The molecular weight excluding hydrogens is 176 g/mol. The molecule has 0 fully saturated rings. The number of rotatable bonds is 2. The molecule has 4 nitrogen and oxygen atoms in total. The van der Waals surface area contributed by atoms with Gasteiger partial charge in [-0.2, -0.15) is 0 Å². The summed E-state index contributed by atoms with van der Waals surface area (Å²) in [5, 5.41) is 5.51. The first-order chi connectivity index (χ1) is 5.74. The minimum absolute atomic E-state index is 0.344. The van der Waals surface area contributed by atoms with Crippen molar-refractivity contribution in [1.82, 2.24) is 9.59 Å². The number of ether oxygens (including phenoxy) is 1. The van der Waals surface area contributed by atoms with Crippen molar-refractivity contribution in [2.24, 2.45) is 0 Å². The molecule has 0 radical (unpaired) electrons. The van der Waals surface area contributed by atoms with E-state index in [0.29, 0.717) is 11.3 Å². The first-order valence-corrected chi connectivity index (χ1v) is 4.11. The summed E-state index contributed by atoms with van der Waals surface area (Å²) in [5.41, 5.74) is 1.20. The van der Waals surface area contributed by atoms with Gasteiger partial charge in [0.1, 0.15) is 0 Å². The van der Waals surface area contributed by atoms with Crippen molar-refractivity contribution >= 4 is 23.6 Å². The zero-order valence-electron chi connectivity index (χ0n) is 6.77. The van der Waals surface area contributed by atoms with Gasteiger partial charge in [0.25, 0.3) is 0 Å². The van der Waals surface area contributed by atoms with Crippen molar-refractivity contribution in [3.63, 3.8) is 0 Å². The predicted octanol–water partition coefficient (Wildman–Crippen LogP) is 1.11. The number of carbonyl (C=O) groups excluding carboxylic acids is 1. The van der Waals surface area contributed by atoms with Crippen molar-refractivity contribution in [2.45, 2.75) is 6.92 Å². The van der Waals surface area contributed by atoms with Crippen molar-refractivity contribution in [3.05, 3.63) is 16.6 Å².